The van der Waals surface area contributed by atoms with Crippen molar-refractivity contribution in [3.8, 4) is 0 Å². The highest BCUT2D eigenvalue weighted by molar-refractivity contribution is 5.94. The molecular formula is C29H37F2N5O4. The Morgan fingerprint density at radius 3 is 2.38 bits per heavy atom. The molecule has 0 spiro atoms. The summed E-state index contributed by atoms with van der Waals surface area (Å²) >= 11 is 0. The molecule has 0 atom stereocenters. The van der Waals surface area contributed by atoms with Crippen molar-refractivity contribution in [2.45, 2.75) is 25.2 Å². The number of rotatable bonds is 10. The quantitative estimate of drug-likeness (QED) is 0.339. The number of carbonyl (C=O) groups excluding carboxylic acids is 2. The lowest BCUT2D eigenvalue weighted by atomic mass is 9.93. The molecule has 216 valence electrons. The van der Waals surface area contributed by atoms with E-state index in [1.807, 2.05) is 12.3 Å². The van der Waals surface area contributed by atoms with E-state index in [2.05, 4.69) is 39.2 Å². The van der Waals surface area contributed by atoms with E-state index in [0.717, 1.165) is 51.0 Å². The maximum Gasteiger partial charge on any atom is 0.337 e. The molecule has 0 unspecified atom stereocenters. The minimum absolute atomic E-state index is 0.0874. The van der Waals surface area contributed by atoms with Gasteiger partial charge in [0.15, 0.2) is 11.6 Å². The number of nitrogens with one attached hydrogen (secondary N) is 2. The van der Waals surface area contributed by atoms with Gasteiger partial charge in [0.25, 0.3) is 0 Å². The topological polar surface area (TPSA) is 96.0 Å². The third kappa shape index (κ3) is 8.85. The predicted octanol–water partition coefficient (Wildman–Crippen LogP) is 3.78. The Kier molecular flexibility index (Phi) is 12.0. The monoisotopic (exact) mass is 557 g/mol. The summed E-state index contributed by atoms with van der Waals surface area (Å²) in [4.78, 5) is 32.9. The van der Waals surface area contributed by atoms with Gasteiger partial charge in [-0.05, 0) is 63.2 Å². The van der Waals surface area contributed by atoms with E-state index in [1.54, 1.807) is 0 Å². The fourth-order valence-corrected chi connectivity index (χ4v) is 4.53. The van der Waals surface area contributed by atoms with Crippen molar-refractivity contribution in [2.24, 2.45) is 0 Å². The first-order valence-electron chi connectivity index (χ1n) is 13.2. The lowest BCUT2D eigenvalue weighted by Gasteiger charge is -2.33. The molecule has 0 saturated carbocycles. The molecule has 2 amide bonds. The number of amides is 2. The maximum absolute atomic E-state index is 12.5. The molecule has 1 aromatic carbocycles. The summed E-state index contributed by atoms with van der Waals surface area (Å²) < 4.78 is 33.8. The number of piperidine rings is 1. The molecule has 40 heavy (non-hydrogen) atoms. The van der Waals surface area contributed by atoms with Crippen LogP contribution in [0.1, 0.15) is 30.9 Å². The van der Waals surface area contributed by atoms with Crippen LogP contribution >= 0.6 is 0 Å². The summed E-state index contributed by atoms with van der Waals surface area (Å²) in [6.07, 6.45) is 5.04. The number of pyridine rings is 1. The van der Waals surface area contributed by atoms with Crippen molar-refractivity contribution >= 4 is 12.0 Å². The molecule has 3 heterocycles. The van der Waals surface area contributed by atoms with Crippen LogP contribution in [-0.2, 0) is 14.3 Å². The van der Waals surface area contributed by atoms with Crippen LogP contribution in [0, 0.1) is 11.6 Å². The van der Waals surface area contributed by atoms with Crippen molar-refractivity contribution in [1.82, 2.24) is 25.4 Å². The number of likely N-dealkylation sites (tertiary alicyclic amines) is 1. The van der Waals surface area contributed by atoms with E-state index in [9.17, 15) is 18.4 Å². The number of esters is 1. The number of aromatic nitrogens is 1. The molecule has 1 fully saturated rings. The Hall–Kier alpha value is -3.83. The normalized spacial score (nSPS) is 16.1. The van der Waals surface area contributed by atoms with E-state index in [4.69, 9.17) is 9.47 Å². The summed E-state index contributed by atoms with van der Waals surface area (Å²) in [6.45, 7) is 7.98. The first-order valence-corrected chi connectivity index (χ1v) is 13.2. The number of hydrogen-bond donors (Lipinski definition) is 2. The van der Waals surface area contributed by atoms with E-state index in [0.29, 0.717) is 29.6 Å². The number of methoxy groups -OCH3 is 2. The van der Waals surface area contributed by atoms with Crippen LogP contribution in [0.25, 0.3) is 0 Å². The van der Waals surface area contributed by atoms with E-state index in [-0.39, 0.29) is 19.2 Å². The van der Waals surface area contributed by atoms with Gasteiger partial charge in [0, 0.05) is 31.5 Å². The van der Waals surface area contributed by atoms with Crippen molar-refractivity contribution < 1.29 is 27.8 Å². The number of hydrogen-bond acceptors (Lipinski definition) is 7. The van der Waals surface area contributed by atoms with Crippen LogP contribution in [0.15, 0.2) is 72.3 Å². The lowest BCUT2D eigenvalue weighted by Crippen LogP contribution is -2.49. The fraction of sp³-hybridized carbons (Fsp3) is 0.414. The number of halogens is 2. The molecule has 4 rings (SSSR count). The first kappa shape index (κ1) is 30.7. The number of carbonyl (C=O) groups is 2. The molecule has 0 aliphatic carbocycles. The van der Waals surface area contributed by atoms with Gasteiger partial charge < -0.3 is 25.0 Å². The Balaban J connectivity index is 0.000000472. The predicted molar refractivity (Wildman–Crippen MR) is 147 cm³/mol. The van der Waals surface area contributed by atoms with Crippen LogP contribution in [0.4, 0.5) is 13.6 Å². The molecule has 11 heteroatoms. The van der Waals surface area contributed by atoms with Crippen molar-refractivity contribution in [1.29, 1.82) is 0 Å². The molecule has 1 saturated heterocycles. The Bertz CT molecular complexity index is 1150. The molecule has 2 aliphatic heterocycles. The van der Waals surface area contributed by atoms with Crippen LogP contribution < -0.4 is 10.6 Å². The molecular weight excluding hydrogens is 520 g/mol. The smallest absolute Gasteiger partial charge is 0.337 e. The second kappa shape index (κ2) is 15.7. The summed E-state index contributed by atoms with van der Waals surface area (Å²) in [5.41, 5.74) is 1.97. The van der Waals surface area contributed by atoms with Crippen LogP contribution in [-0.4, -0.2) is 80.3 Å². The van der Waals surface area contributed by atoms with Crippen LogP contribution in [0.5, 0.6) is 0 Å². The lowest BCUT2D eigenvalue weighted by molar-refractivity contribution is -0.136. The summed E-state index contributed by atoms with van der Waals surface area (Å²) in [5, 5.41) is 5.91. The standard InChI is InChI=1S/C23H33N5O4.C6H4F2/c1-17(28-15-19(22(29)32-3)21(16-31-2)26-23(28)30)24-11-6-12-27-13-8-18(9-14-27)20-7-4-5-10-25-20;7-5-3-1-2-4-6(5)8/h4-5,7,10,18,24H,1,6,8-9,11-16H2,2-3H3,(H,26,30);1-4H. The highest BCUT2D eigenvalue weighted by Crippen LogP contribution is 2.26. The molecule has 1 aromatic heterocycles. The average Bonchev–Trinajstić information content (AvgIpc) is 2.98. The molecule has 0 bridgehead atoms. The number of benzene rings is 1. The Labute approximate surface area is 233 Å². The Morgan fingerprint density at radius 2 is 1.80 bits per heavy atom. The van der Waals surface area contributed by atoms with Crippen LogP contribution in [0.3, 0.4) is 0 Å². The zero-order valence-electron chi connectivity index (χ0n) is 23.0. The summed E-state index contributed by atoms with van der Waals surface area (Å²) in [5.74, 6) is -1.10. The Morgan fingerprint density at radius 1 is 1.12 bits per heavy atom. The molecule has 2 aromatic rings. The van der Waals surface area contributed by atoms with Crippen molar-refractivity contribution in [3.63, 3.8) is 0 Å². The first-order chi connectivity index (χ1) is 19.3. The highest BCUT2D eigenvalue weighted by atomic mass is 19.2. The third-order valence-corrected chi connectivity index (χ3v) is 6.73. The number of nitrogens with zero attached hydrogens (tertiary/aromatic N) is 3. The second-order valence-corrected chi connectivity index (χ2v) is 9.41. The minimum atomic E-state index is -0.799. The third-order valence-electron chi connectivity index (χ3n) is 6.73. The van der Waals surface area contributed by atoms with E-state index < -0.39 is 17.6 Å². The number of ether oxygens (including phenoxy) is 2. The SMILES string of the molecule is C=C(NCCCN1CCC(c2ccccn2)CC1)N1CC(C(=O)OC)=C(COC)NC1=O.Fc1ccccc1F. The average molecular weight is 558 g/mol. The van der Waals surface area contributed by atoms with Gasteiger partial charge in [-0.1, -0.05) is 24.8 Å². The van der Waals surface area contributed by atoms with Gasteiger partial charge in [-0.15, -0.1) is 0 Å². The number of urea groups is 1. The summed E-state index contributed by atoms with van der Waals surface area (Å²) in [7, 11) is 2.81. The van der Waals surface area contributed by atoms with Gasteiger partial charge in [0.1, 0.15) is 5.82 Å². The van der Waals surface area contributed by atoms with Gasteiger partial charge in [-0.25, -0.2) is 18.4 Å². The zero-order chi connectivity index (χ0) is 28.9. The minimum Gasteiger partial charge on any atom is -0.466 e. The largest absolute Gasteiger partial charge is 0.466 e. The van der Waals surface area contributed by atoms with Gasteiger partial charge in [-0.2, -0.15) is 0 Å². The zero-order valence-corrected chi connectivity index (χ0v) is 23.0. The molecule has 2 N–H and O–H groups in total. The van der Waals surface area contributed by atoms with Gasteiger partial charge in [0.05, 0.1) is 31.5 Å². The molecule has 2 aliphatic rings. The van der Waals surface area contributed by atoms with Gasteiger partial charge in [0.2, 0.25) is 0 Å². The highest BCUT2D eigenvalue weighted by Gasteiger charge is 2.30. The van der Waals surface area contributed by atoms with E-state index in [1.165, 1.54) is 36.9 Å². The van der Waals surface area contributed by atoms with Crippen LogP contribution in [0.2, 0.25) is 0 Å². The maximum atomic E-state index is 12.5. The molecule has 0 radical (unpaired) electrons. The van der Waals surface area contributed by atoms with Crippen molar-refractivity contribution in [3.05, 3.63) is 89.7 Å². The van der Waals surface area contributed by atoms with Gasteiger partial charge in [-0.3, -0.25) is 9.88 Å². The van der Waals surface area contributed by atoms with Crippen molar-refractivity contribution in [2.75, 3.05) is 53.6 Å². The summed E-state index contributed by atoms with van der Waals surface area (Å²) in [6, 6.07) is 10.8. The van der Waals surface area contributed by atoms with E-state index >= 15 is 0 Å². The molecule has 9 nitrogen and oxygen atoms in total. The van der Waals surface area contributed by atoms with Gasteiger partial charge >= 0.3 is 12.0 Å². The second-order valence-electron chi connectivity index (χ2n) is 9.41. The fourth-order valence-electron chi connectivity index (χ4n) is 4.53.